The summed E-state index contributed by atoms with van der Waals surface area (Å²) in [5.74, 6) is 0.828. The molecule has 25 heavy (non-hydrogen) atoms. The van der Waals surface area contributed by atoms with Crippen LogP contribution in [-0.2, 0) is 4.79 Å². The molecule has 0 fully saturated rings. The van der Waals surface area contributed by atoms with Crippen molar-refractivity contribution in [2.24, 2.45) is 0 Å². The fraction of sp³-hybridized carbons (Fsp3) is 0.125. The highest BCUT2D eigenvalue weighted by atomic mass is 35.5. The van der Waals surface area contributed by atoms with Crippen molar-refractivity contribution >= 4 is 23.2 Å². The molecule has 3 aromatic rings. The zero-order chi connectivity index (χ0) is 17.6. The lowest BCUT2D eigenvalue weighted by atomic mass is 10.2. The summed E-state index contributed by atoms with van der Waals surface area (Å²) in [6.45, 7) is -0.131. The summed E-state index contributed by atoms with van der Waals surface area (Å²) < 4.78 is 12.1. The highest BCUT2D eigenvalue weighted by Gasteiger charge is 2.10. The van der Waals surface area contributed by atoms with Gasteiger partial charge in [0.15, 0.2) is 6.61 Å². The fourth-order valence-electron chi connectivity index (χ4n) is 2.10. The van der Waals surface area contributed by atoms with Gasteiger partial charge >= 0.3 is 0 Å². The second kappa shape index (κ2) is 7.63. The van der Waals surface area contributed by atoms with Gasteiger partial charge in [-0.05, 0) is 52.9 Å². The topological polar surface area (TPSA) is 91.2 Å². The van der Waals surface area contributed by atoms with E-state index in [0.29, 0.717) is 27.9 Å². The van der Waals surface area contributed by atoms with Crippen molar-refractivity contribution in [2.75, 3.05) is 19.0 Å². The summed E-state index contributed by atoms with van der Waals surface area (Å²) >= 11 is 5.80. The first-order chi connectivity index (χ1) is 12.2. The van der Waals surface area contributed by atoms with Gasteiger partial charge in [0.2, 0.25) is 0 Å². The van der Waals surface area contributed by atoms with Crippen molar-refractivity contribution in [1.82, 2.24) is 20.2 Å². The number of nitrogens with zero attached hydrogens (tertiary/aromatic N) is 4. The molecule has 128 valence electrons. The minimum absolute atomic E-state index is 0.131. The summed E-state index contributed by atoms with van der Waals surface area (Å²) in [5.41, 5.74) is 1.17. The van der Waals surface area contributed by atoms with E-state index in [1.807, 2.05) is 0 Å². The standard InChI is InChI=1S/C16H14ClN5O3/c1-24-15-7-4-12(8-14(15)22-10-18-20-21-22)19-16(23)9-25-13-5-2-11(17)3-6-13/h2-8,10H,9H2,1H3,(H,19,23). The SMILES string of the molecule is COc1ccc(NC(=O)COc2ccc(Cl)cc2)cc1-n1cnnn1. The van der Waals surface area contributed by atoms with E-state index < -0.39 is 0 Å². The number of hydrogen-bond acceptors (Lipinski definition) is 6. The summed E-state index contributed by atoms with van der Waals surface area (Å²) in [7, 11) is 1.54. The molecule has 0 aliphatic carbocycles. The van der Waals surface area contributed by atoms with Crippen LogP contribution in [0.4, 0.5) is 5.69 Å². The van der Waals surface area contributed by atoms with Gasteiger partial charge in [-0.15, -0.1) is 5.10 Å². The molecule has 1 N–H and O–H groups in total. The fourth-order valence-corrected chi connectivity index (χ4v) is 2.22. The quantitative estimate of drug-likeness (QED) is 0.726. The number of rotatable bonds is 6. The molecule has 8 nitrogen and oxygen atoms in total. The van der Waals surface area contributed by atoms with Crippen LogP contribution in [0.5, 0.6) is 11.5 Å². The minimum Gasteiger partial charge on any atom is -0.494 e. The highest BCUT2D eigenvalue weighted by molar-refractivity contribution is 6.30. The molecule has 2 aromatic carbocycles. The maximum Gasteiger partial charge on any atom is 0.262 e. The lowest BCUT2D eigenvalue weighted by Crippen LogP contribution is -2.20. The number of ether oxygens (including phenoxy) is 2. The van der Waals surface area contributed by atoms with Crippen molar-refractivity contribution < 1.29 is 14.3 Å². The van der Waals surface area contributed by atoms with E-state index in [9.17, 15) is 4.79 Å². The van der Waals surface area contributed by atoms with Gasteiger partial charge in [-0.25, -0.2) is 0 Å². The smallest absolute Gasteiger partial charge is 0.262 e. The van der Waals surface area contributed by atoms with Gasteiger partial charge in [0.25, 0.3) is 5.91 Å². The molecule has 0 spiro atoms. The summed E-state index contributed by atoms with van der Waals surface area (Å²) in [4.78, 5) is 12.1. The Morgan fingerprint density at radius 3 is 2.72 bits per heavy atom. The van der Waals surface area contributed by atoms with Crippen molar-refractivity contribution in [1.29, 1.82) is 0 Å². The number of carbonyl (C=O) groups excluding carboxylic acids is 1. The van der Waals surface area contributed by atoms with Gasteiger partial charge < -0.3 is 14.8 Å². The number of anilines is 1. The molecule has 0 unspecified atom stereocenters. The van der Waals surface area contributed by atoms with Crippen molar-refractivity contribution in [3.8, 4) is 17.2 Å². The van der Waals surface area contributed by atoms with Gasteiger partial charge in [0, 0.05) is 10.7 Å². The maximum atomic E-state index is 12.1. The van der Waals surface area contributed by atoms with Crippen LogP contribution in [0.15, 0.2) is 48.8 Å². The predicted octanol–water partition coefficient (Wildman–Crippen LogP) is 2.34. The molecule has 9 heteroatoms. The molecular weight excluding hydrogens is 346 g/mol. The number of halogens is 1. The Balaban J connectivity index is 1.67. The first kappa shape index (κ1) is 16.7. The molecule has 3 rings (SSSR count). The molecule has 1 aromatic heterocycles. The van der Waals surface area contributed by atoms with Crippen LogP contribution in [0.25, 0.3) is 5.69 Å². The number of tetrazole rings is 1. The molecular formula is C16H14ClN5O3. The average molecular weight is 360 g/mol. The van der Waals surface area contributed by atoms with E-state index in [2.05, 4.69) is 20.8 Å². The molecule has 0 radical (unpaired) electrons. The maximum absolute atomic E-state index is 12.1. The zero-order valence-electron chi connectivity index (χ0n) is 13.2. The predicted molar refractivity (Wildman–Crippen MR) is 91.3 cm³/mol. The monoisotopic (exact) mass is 359 g/mol. The van der Waals surface area contributed by atoms with E-state index in [1.165, 1.54) is 11.0 Å². The number of benzene rings is 2. The molecule has 0 saturated heterocycles. The Morgan fingerprint density at radius 2 is 2.04 bits per heavy atom. The van der Waals surface area contributed by atoms with Gasteiger partial charge in [-0.1, -0.05) is 11.6 Å². The summed E-state index contributed by atoms with van der Waals surface area (Å²) in [6, 6.07) is 11.9. The Morgan fingerprint density at radius 1 is 1.24 bits per heavy atom. The van der Waals surface area contributed by atoms with E-state index in [0.717, 1.165) is 0 Å². The number of amides is 1. The summed E-state index contributed by atoms with van der Waals surface area (Å²) in [6.07, 6.45) is 1.44. The molecule has 1 amide bonds. The second-order valence-electron chi connectivity index (χ2n) is 4.93. The Labute approximate surface area is 148 Å². The van der Waals surface area contributed by atoms with Crippen LogP contribution in [0, 0.1) is 0 Å². The van der Waals surface area contributed by atoms with Crippen LogP contribution in [-0.4, -0.2) is 39.8 Å². The number of carbonyl (C=O) groups is 1. The number of methoxy groups -OCH3 is 1. The van der Waals surface area contributed by atoms with E-state index in [4.69, 9.17) is 21.1 Å². The second-order valence-corrected chi connectivity index (χ2v) is 5.37. The zero-order valence-corrected chi connectivity index (χ0v) is 14.0. The largest absolute Gasteiger partial charge is 0.494 e. The van der Waals surface area contributed by atoms with Crippen molar-refractivity contribution in [3.05, 3.63) is 53.8 Å². The van der Waals surface area contributed by atoms with Gasteiger partial charge in [0.1, 0.15) is 23.5 Å². The van der Waals surface area contributed by atoms with Gasteiger partial charge in [0.05, 0.1) is 7.11 Å². The normalized spacial score (nSPS) is 10.3. The lowest BCUT2D eigenvalue weighted by Gasteiger charge is -2.11. The van der Waals surface area contributed by atoms with Crippen LogP contribution in [0.3, 0.4) is 0 Å². The Bertz CT molecular complexity index is 853. The third kappa shape index (κ3) is 4.24. The molecule has 0 atom stereocenters. The number of hydrogen-bond donors (Lipinski definition) is 1. The first-order valence-electron chi connectivity index (χ1n) is 7.25. The van der Waals surface area contributed by atoms with E-state index >= 15 is 0 Å². The van der Waals surface area contributed by atoms with Crippen molar-refractivity contribution in [3.63, 3.8) is 0 Å². The van der Waals surface area contributed by atoms with Crippen LogP contribution >= 0.6 is 11.6 Å². The molecule has 0 aliphatic rings. The average Bonchev–Trinajstić information content (AvgIpc) is 3.16. The van der Waals surface area contributed by atoms with E-state index in [1.54, 1.807) is 49.6 Å². The lowest BCUT2D eigenvalue weighted by molar-refractivity contribution is -0.118. The summed E-state index contributed by atoms with van der Waals surface area (Å²) in [5, 5.41) is 14.4. The number of nitrogens with one attached hydrogen (secondary N) is 1. The van der Waals surface area contributed by atoms with Gasteiger partial charge in [-0.2, -0.15) is 4.68 Å². The van der Waals surface area contributed by atoms with Crippen LogP contribution in [0.2, 0.25) is 5.02 Å². The minimum atomic E-state index is -0.303. The van der Waals surface area contributed by atoms with E-state index in [-0.39, 0.29) is 12.5 Å². The molecule has 0 bridgehead atoms. The highest BCUT2D eigenvalue weighted by Crippen LogP contribution is 2.25. The Kier molecular flexibility index (Phi) is 5.10. The third-order valence-electron chi connectivity index (χ3n) is 3.24. The third-order valence-corrected chi connectivity index (χ3v) is 3.49. The number of aromatic nitrogens is 4. The van der Waals surface area contributed by atoms with Crippen LogP contribution in [0.1, 0.15) is 0 Å². The van der Waals surface area contributed by atoms with Gasteiger partial charge in [-0.3, -0.25) is 4.79 Å². The first-order valence-corrected chi connectivity index (χ1v) is 7.63. The molecule has 1 heterocycles. The molecule has 0 aliphatic heterocycles. The molecule has 0 saturated carbocycles. The van der Waals surface area contributed by atoms with Crippen LogP contribution < -0.4 is 14.8 Å². The Hall–Kier alpha value is -3.13. The van der Waals surface area contributed by atoms with Crippen molar-refractivity contribution in [2.45, 2.75) is 0 Å².